The van der Waals surface area contributed by atoms with Gasteiger partial charge in [-0.1, -0.05) is 25.1 Å². The Morgan fingerprint density at radius 3 is 2.96 bits per heavy atom. The van der Waals surface area contributed by atoms with E-state index in [9.17, 15) is 4.79 Å². The number of carbonyl (C=O) groups excluding carboxylic acids is 1. The zero-order chi connectivity index (χ0) is 16.7. The third-order valence-electron chi connectivity index (χ3n) is 5.01. The molecule has 0 aliphatic heterocycles. The van der Waals surface area contributed by atoms with Crippen LogP contribution in [0.25, 0.3) is 10.9 Å². The number of H-pyrrole nitrogens is 2. The van der Waals surface area contributed by atoms with E-state index in [1.54, 1.807) is 4.90 Å². The van der Waals surface area contributed by atoms with Gasteiger partial charge in [0.2, 0.25) is 0 Å². The van der Waals surface area contributed by atoms with Crippen molar-refractivity contribution >= 4 is 16.8 Å². The zero-order valence-corrected chi connectivity index (χ0v) is 14.1. The van der Waals surface area contributed by atoms with Crippen molar-refractivity contribution in [1.82, 2.24) is 20.1 Å². The van der Waals surface area contributed by atoms with Gasteiger partial charge >= 0.3 is 0 Å². The fraction of sp³-hybridized carbons (Fsp3) is 0.368. The van der Waals surface area contributed by atoms with Gasteiger partial charge in [0.25, 0.3) is 5.91 Å². The maximum absolute atomic E-state index is 13.0. The first-order chi connectivity index (χ1) is 11.7. The van der Waals surface area contributed by atoms with Gasteiger partial charge in [-0.25, -0.2) is 0 Å². The summed E-state index contributed by atoms with van der Waals surface area (Å²) < 4.78 is 0. The maximum Gasteiger partial charge on any atom is 0.270 e. The van der Waals surface area contributed by atoms with E-state index in [1.165, 1.54) is 17.7 Å². The van der Waals surface area contributed by atoms with Gasteiger partial charge in [0.15, 0.2) is 0 Å². The highest BCUT2D eigenvalue weighted by atomic mass is 16.2. The fourth-order valence-electron chi connectivity index (χ4n) is 3.76. The van der Waals surface area contributed by atoms with Crippen LogP contribution in [0.15, 0.2) is 24.3 Å². The highest BCUT2D eigenvalue weighted by Crippen LogP contribution is 2.26. The van der Waals surface area contributed by atoms with Crippen LogP contribution in [-0.4, -0.2) is 33.0 Å². The summed E-state index contributed by atoms with van der Waals surface area (Å²) in [4.78, 5) is 18.0. The number of aromatic amines is 2. The fourth-order valence-corrected chi connectivity index (χ4v) is 3.76. The average Bonchev–Trinajstić information content (AvgIpc) is 3.28. The van der Waals surface area contributed by atoms with E-state index < -0.39 is 0 Å². The maximum atomic E-state index is 13.0. The molecule has 5 heteroatoms. The number of carbonyl (C=O) groups is 1. The lowest BCUT2D eigenvalue weighted by Crippen LogP contribution is -2.28. The van der Waals surface area contributed by atoms with E-state index in [0.29, 0.717) is 12.2 Å². The van der Waals surface area contributed by atoms with E-state index in [4.69, 9.17) is 0 Å². The Hall–Kier alpha value is -2.56. The average molecular weight is 322 g/mol. The molecule has 0 radical (unpaired) electrons. The van der Waals surface area contributed by atoms with Crippen molar-refractivity contribution in [3.63, 3.8) is 0 Å². The first-order valence-corrected chi connectivity index (χ1v) is 8.59. The summed E-state index contributed by atoms with van der Waals surface area (Å²) in [6.07, 6.45) is 4.14. The second kappa shape index (κ2) is 5.82. The molecule has 2 heterocycles. The normalized spacial score (nSPS) is 13.4. The Bertz CT molecular complexity index is 905. The molecule has 124 valence electrons. The summed E-state index contributed by atoms with van der Waals surface area (Å²) in [6, 6.07) is 8.09. The van der Waals surface area contributed by atoms with Gasteiger partial charge in [-0.3, -0.25) is 9.89 Å². The lowest BCUT2D eigenvalue weighted by Gasteiger charge is -2.16. The van der Waals surface area contributed by atoms with Gasteiger partial charge in [0.1, 0.15) is 5.69 Å². The van der Waals surface area contributed by atoms with Gasteiger partial charge in [0, 0.05) is 23.6 Å². The molecule has 0 fully saturated rings. The highest BCUT2D eigenvalue weighted by molar-refractivity contribution is 6.00. The topological polar surface area (TPSA) is 64.8 Å². The lowest BCUT2D eigenvalue weighted by atomic mass is 10.1. The Labute approximate surface area is 141 Å². The molecule has 1 amide bonds. The SMILES string of the molecule is CCc1c(C(=O)N(C)Cc2n[nH]c3c2CCC3)[nH]c2ccccc12. The minimum absolute atomic E-state index is 0.0257. The molecule has 2 aromatic heterocycles. The number of aromatic nitrogens is 3. The van der Waals surface area contributed by atoms with Crippen molar-refractivity contribution < 1.29 is 4.79 Å². The summed E-state index contributed by atoms with van der Waals surface area (Å²) in [5, 5.41) is 8.67. The molecule has 0 spiro atoms. The molecular formula is C19H22N4O. The number of para-hydroxylation sites is 1. The summed E-state index contributed by atoms with van der Waals surface area (Å²) in [7, 11) is 1.85. The summed E-state index contributed by atoms with van der Waals surface area (Å²) in [5.41, 5.74) is 6.37. The predicted octanol–water partition coefficient (Wildman–Crippen LogP) is 3.21. The second-order valence-electron chi connectivity index (χ2n) is 6.52. The van der Waals surface area contributed by atoms with E-state index in [-0.39, 0.29) is 5.91 Å². The molecule has 0 saturated heterocycles. The molecule has 24 heavy (non-hydrogen) atoms. The third kappa shape index (κ3) is 2.31. The quantitative estimate of drug-likeness (QED) is 0.774. The smallest absolute Gasteiger partial charge is 0.270 e. The van der Waals surface area contributed by atoms with Crippen molar-refractivity contribution in [3.05, 3.63) is 52.5 Å². The molecule has 3 aromatic rings. The van der Waals surface area contributed by atoms with Crippen LogP contribution in [0.1, 0.15) is 46.3 Å². The number of hydrogen-bond donors (Lipinski definition) is 2. The molecule has 0 saturated carbocycles. The van der Waals surface area contributed by atoms with Crippen LogP contribution in [0.4, 0.5) is 0 Å². The van der Waals surface area contributed by atoms with Crippen LogP contribution >= 0.6 is 0 Å². The van der Waals surface area contributed by atoms with Crippen LogP contribution in [0.3, 0.4) is 0 Å². The van der Waals surface area contributed by atoms with Gasteiger partial charge in [-0.05, 0) is 42.9 Å². The van der Waals surface area contributed by atoms with E-state index in [1.807, 2.05) is 25.2 Å². The molecule has 5 nitrogen and oxygen atoms in total. The Morgan fingerprint density at radius 2 is 2.12 bits per heavy atom. The Balaban J connectivity index is 1.63. The molecule has 1 aromatic carbocycles. The predicted molar refractivity (Wildman–Crippen MR) is 94.1 cm³/mol. The second-order valence-corrected chi connectivity index (χ2v) is 6.52. The molecule has 4 rings (SSSR count). The van der Waals surface area contributed by atoms with Gasteiger partial charge < -0.3 is 9.88 Å². The standard InChI is InChI=1S/C19H22N4O/c1-3-12-13-7-4-5-9-15(13)20-18(12)19(24)23(2)11-17-14-8-6-10-16(14)21-22-17/h4-5,7,9,20H,3,6,8,10-11H2,1-2H3,(H,21,22). The number of fused-ring (bicyclic) bond motifs is 2. The number of aryl methyl sites for hydroxylation is 2. The molecule has 0 unspecified atom stereocenters. The van der Waals surface area contributed by atoms with Crippen LogP contribution in [-0.2, 0) is 25.8 Å². The van der Waals surface area contributed by atoms with Crippen LogP contribution in [0, 0.1) is 0 Å². The van der Waals surface area contributed by atoms with Crippen molar-refractivity contribution in [2.75, 3.05) is 7.05 Å². The number of rotatable bonds is 4. The molecular weight excluding hydrogens is 300 g/mol. The van der Waals surface area contributed by atoms with E-state index in [0.717, 1.165) is 41.4 Å². The van der Waals surface area contributed by atoms with Crippen molar-refractivity contribution in [2.45, 2.75) is 39.2 Å². The van der Waals surface area contributed by atoms with E-state index in [2.05, 4.69) is 28.2 Å². The Kier molecular flexibility index (Phi) is 3.63. The van der Waals surface area contributed by atoms with Gasteiger partial charge in [-0.2, -0.15) is 5.10 Å². The third-order valence-corrected chi connectivity index (χ3v) is 5.01. The molecule has 1 aliphatic carbocycles. The minimum atomic E-state index is 0.0257. The number of amides is 1. The van der Waals surface area contributed by atoms with Crippen LogP contribution < -0.4 is 0 Å². The zero-order valence-electron chi connectivity index (χ0n) is 14.1. The molecule has 2 N–H and O–H groups in total. The number of nitrogens with one attached hydrogen (secondary N) is 2. The lowest BCUT2D eigenvalue weighted by molar-refractivity contribution is 0.0777. The largest absolute Gasteiger partial charge is 0.350 e. The van der Waals surface area contributed by atoms with Crippen molar-refractivity contribution in [2.24, 2.45) is 0 Å². The monoisotopic (exact) mass is 322 g/mol. The van der Waals surface area contributed by atoms with Crippen LogP contribution in [0.2, 0.25) is 0 Å². The van der Waals surface area contributed by atoms with Crippen LogP contribution in [0.5, 0.6) is 0 Å². The number of nitrogens with zero attached hydrogens (tertiary/aromatic N) is 2. The first kappa shape index (κ1) is 15.0. The van der Waals surface area contributed by atoms with Crippen molar-refractivity contribution in [3.8, 4) is 0 Å². The molecule has 0 bridgehead atoms. The van der Waals surface area contributed by atoms with E-state index >= 15 is 0 Å². The summed E-state index contributed by atoms with van der Waals surface area (Å²) in [6.45, 7) is 2.64. The van der Waals surface area contributed by atoms with Gasteiger partial charge in [0.05, 0.1) is 12.2 Å². The van der Waals surface area contributed by atoms with Crippen molar-refractivity contribution in [1.29, 1.82) is 0 Å². The molecule has 1 aliphatic rings. The number of benzene rings is 1. The summed E-state index contributed by atoms with van der Waals surface area (Å²) >= 11 is 0. The highest BCUT2D eigenvalue weighted by Gasteiger charge is 2.23. The Morgan fingerprint density at radius 1 is 1.29 bits per heavy atom. The van der Waals surface area contributed by atoms with Gasteiger partial charge in [-0.15, -0.1) is 0 Å². The first-order valence-electron chi connectivity index (χ1n) is 8.59. The summed E-state index contributed by atoms with van der Waals surface area (Å²) in [5.74, 6) is 0.0257. The molecule has 0 atom stereocenters. The number of hydrogen-bond acceptors (Lipinski definition) is 2. The minimum Gasteiger partial charge on any atom is -0.350 e.